The van der Waals surface area contributed by atoms with Crippen LogP contribution in [0.1, 0.15) is 38.2 Å². The molecular formula is C22H33N5O4. The van der Waals surface area contributed by atoms with E-state index >= 15 is 0 Å². The number of carbonyl (C=O) groups excluding carboxylic acids is 1. The second-order valence-corrected chi connectivity index (χ2v) is 8.04. The van der Waals surface area contributed by atoms with Gasteiger partial charge >= 0.3 is 0 Å². The molecule has 0 unspecified atom stereocenters. The third-order valence-electron chi connectivity index (χ3n) is 5.84. The molecule has 9 heteroatoms. The Hall–Kier alpha value is -2.68. The standard InChI is InChI=1S/C22H33N5O4/c1-2-3-10-23-22(24-17-18-4-6-20(7-5-18)27(29)30)26-11-8-19(9-12-26)21(28)25-13-15-31-16-14-25/h4-7,19H,2-3,8-17H2,1H3,(H,23,24). The highest BCUT2D eigenvalue weighted by molar-refractivity contribution is 5.82. The first-order valence-corrected chi connectivity index (χ1v) is 11.2. The van der Waals surface area contributed by atoms with Crippen LogP contribution in [0.25, 0.3) is 0 Å². The molecule has 0 bridgehead atoms. The lowest BCUT2D eigenvalue weighted by Crippen LogP contribution is -2.50. The van der Waals surface area contributed by atoms with E-state index in [9.17, 15) is 14.9 Å². The van der Waals surface area contributed by atoms with Crippen molar-refractivity contribution in [3.8, 4) is 0 Å². The summed E-state index contributed by atoms with van der Waals surface area (Å²) in [4.78, 5) is 32.2. The monoisotopic (exact) mass is 431 g/mol. The first-order chi connectivity index (χ1) is 15.1. The van der Waals surface area contributed by atoms with E-state index in [1.165, 1.54) is 12.1 Å². The van der Waals surface area contributed by atoms with Crippen molar-refractivity contribution in [2.24, 2.45) is 10.9 Å². The fraction of sp³-hybridized carbons (Fsp3) is 0.636. The number of carbonyl (C=O) groups is 1. The van der Waals surface area contributed by atoms with Crippen molar-refractivity contribution >= 4 is 17.6 Å². The lowest BCUT2D eigenvalue weighted by atomic mass is 9.95. The molecule has 2 heterocycles. The third kappa shape index (κ3) is 6.65. The van der Waals surface area contributed by atoms with E-state index in [1.807, 2.05) is 4.90 Å². The van der Waals surface area contributed by atoms with Crippen LogP contribution in [0.15, 0.2) is 29.3 Å². The first kappa shape index (κ1) is 23.0. The van der Waals surface area contributed by atoms with E-state index < -0.39 is 4.92 Å². The van der Waals surface area contributed by atoms with Gasteiger partial charge in [-0.3, -0.25) is 14.9 Å². The molecule has 2 saturated heterocycles. The summed E-state index contributed by atoms with van der Waals surface area (Å²) in [5.41, 5.74) is 1.01. The minimum atomic E-state index is -0.396. The number of nitro groups is 1. The molecule has 9 nitrogen and oxygen atoms in total. The third-order valence-corrected chi connectivity index (χ3v) is 5.84. The number of piperidine rings is 1. The van der Waals surface area contributed by atoms with Crippen molar-refractivity contribution in [1.29, 1.82) is 0 Å². The molecule has 170 valence electrons. The number of ether oxygens (including phenoxy) is 1. The van der Waals surface area contributed by atoms with E-state index in [2.05, 4.69) is 17.1 Å². The molecule has 0 saturated carbocycles. The lowest BCUT2D eigenvalue weighted by Gasteiger charge is -2.36. The number of guanidine groups is 1. The number of benzene rings is 1. The molecule has 1 amide bonds. The molecule has 1 aromatic carbocycles. The summed E-state index contributed by atoms with van der Waals surface area (Å²) in [6.07, 6.45) is 3.80. The molecule has 2 aliphatic rings. The van der Waals surface area contributed by atoms with E-state index in [-0.39, 0.29) is 17.5 Å². The highest BCUT2D eigenvalue weighted by Gasteiger charge is 2.30. The molecule has 1 N–H and O–H groups in total. The number of rotatable bonds is 7. The number of amides is 1. The topological polar surface area (TPSA) is 100 Å². The Labute approximate surface area is 183 Å². The van der Waals surface area contributed by atoms with Gasteiger partial charge in [0.25, 0.3) is 5.69 Å². The van der Waals surface area contributed by atoms with Crippen LogP contribution in [0.3, 0.4) is 0 Å². The van der Waals surface area contributed by atoms with Gasteiger partial charge in [0, 0.05) is 50.8 Å². The molecule has 2 aliphatic heterocycles. The second kappa shape index (κ2) is 11.6. The Balaban J connectivity index is 1.58. The van der Waals surface area contributed by atoms with Crippen molar-refractivity contribution in [2.45, 2.75) is 39.2 Å². The van der Waals surface area contributed by atoms with Crippen molar-refractivity contribution in [1.82, 2.24) is 15.1 Å². The number of nitro benzene ring substituents is 1. The number of hydrogen-bond acceptors (Lipinski definition) is 5. The Morgan fingerprint density at radius 1 is 1.16 bits per heavy atom. The number of likely N-dealkylation sites (tertiary alicyclic amines) is 1. The average molecular weight is 432 g/mol. The van der Waals surface area contributed by atoms with Gasteiger partial charge in [0.15, 0.2) is 5.96 Å². The number of nitrogens with one attached hydrogen (secondary N) is 1. The summed E-state index contributed by atoms with van der Waals surface area (Å²) in [5, 5.41) is 14.3. The van der Waals surface area contributed by atoms with Gasteiger partial charge in [-0.2, -0.15) is 0 Å². The van der Waals surface area contributed by atoms with Crippen LogP contribution in [-0.2, 0) is 16.1 Å². The Kier molecular flexibility index (Phi) is 8.63. The van der Waals surface area contributed by atoms with Crippen LogP contribution >= 0.6 is 0 Å². The Morgan fingerprint density at radius 2 is 1.84 bits per heavy atom. The van der Waals surface area contributed by atoms with Crippen molar-refractivity contribution in [3.05, 3.63) is 39.9 Å². The largest absolute Gasteiger partial charge is 0.378 e. The predicted octanol–water partition coefficient (Wildman–Crippen LogP) is 2.41. The lowest BCUT2D eigenvalue weighted by molar-refractivity contribution is -0.384. The summed E-state index contributed by atoms with van der Waals surface area (Å²) in [6, 6.07) is 6.52. The summed E-state index contributed by atoms with van der Waals surface area (Å²) in [6.45, 7) is 7.69. The number of unbranched alkanes of at least 4 members (excludes halogenated alkanes) is 1. The zero-order valence-corrected chi connectivity index (χ0v) is 18.3. The molecule has 0 aliphatic carbocycles. The minimum Gasteiger partial charge on any atom is -0.378 e. The molecule has 3 rings (SSSR count). The smallest absolute Gasteiger partial charge is 0.269 e. The Morgan fingerprint density at radius 3 is 2.45 bits per heavy atom. The fourth-order valence-electron chi connectivity index (χ4n) is 3.91. The van der Waals surface area contributed by atoms with Crippen LogP contribution in [0, 0.1) is 16.0 Å². The number of non-ortho nitro benzene ring substituents is 1. The molecule has 0 aromatic heterocycles. The van der Waals surface area contributed by atoms with Gasteiger partial charge in [0.05, 0.1) is 24.7 Å². The normalized spacial score (nSPS) is 18.2. The van der Waals surface area contributed by atoms with Gasteiger partial charge in [-0.25, -0.2) is 4.99 Å². The number of morpholine rings is 1. The first-order valence-electron chi connectivity index (χ1n) is 11.2. The van der Waals surface area contributed by atoms with Crippen molar-refractivity contribution < 1.29 is 14.5 Å². The number of aliphatic imine (C=N–C) groups is 1. The van der Waals surface area contributed by atoms with E-state index in [0.29, 0.717) is 32.8 Å². The quantitative estimate of drug-likeness (QED) is 0.234. The van der Waals surface area contributed by atoms with Crippen LogP contribution in [-0.4, -0.2) is 72.5 Å². The maximum Gasteiger partial charge on any atom is 0.269 e. The highest BCUT2D eigenvalue weighted by atomic mass is 16.6. The van der Waals surface area contributed by atoms with Crippen LogP contribution < -0.4 is 5.32 Å². The molecule has 0 spiro atoms. The fourth-order valence-corrected chi connectivity index (χ4v) is 3.91. The SMILES string of the molecule is CCCCNC(=NCc1ccc([N+](=O)[O-])cc1)N1CCC(C(=O)N2CCOCC2)CC1. The van der Waals surface area contributed by atoms with Gasteiger partial charge in [0.2, 0.25) is 5.91 Å². The highest BCUT2D eigenvalue weighted by Crippen LogP contribution is 2.21. The van der Waals surface area contributed by atoms with E-state index in [1.54, 1.807) is 12.1 Å². The molecule has 1 aromatic rings. The van der Waals surface area contributed by atoms with Gasteiger partial charge < -0.3 is 19.9 Å². The van der Waals surface area contributed by atoms with E-state index in [0.717, 1.165) is 56.8 Å². The predicted molar refractivity (Wildman–Crippen MR) is 119 cm³/mol. The summed E-state index contributed by atoms with van der Waals surface area (Å²) >= 11 is 0. The number of hydrogen-bond donors (Lipinski definition) is 1. The molecule has 2 fully saturated rings. The molecule has 0 radical (unpaired) electrons. The van der Waals surface area contributed by atoms with Gasteiger partial charge in [-0.1, -0.05) is 25.5 Å². The summed E-state index contributed by atoms with van der Waals surface area (Å²) < 4.78 is 5.35. The summed E-state index contributed by atoms with van der Waals surface area (Å²) in [7, 11) is 0. The van der Waals surface area contributed by atoms with Gasteiger partial charge in [-0.15, -0.1) is 0 Å². The molecule has 0 atom stereocenters. The van der Waals surface area contributed by atoms with Gasteiger partial charge in [0.1, 0.15) is 0 Å². The average Bonchev–Trinajstić information content (AvgIpc) is 2.82. The second-order valence-electron chi connectivity index (χ2n) is 8.04. The molecular weight excluding hydrogens is 398 g/mol. The van der Waals surface area contributed by atoms with Crippen molar-refractivity contribution in [2.75, 3.05) is 45.9 Å². The Bertz CT molecular complexity index is 754. The maximum atomic E-state index is 12.8. The maximum absolute atomic E-state index is 12.8. The van der Waals surface area contributed by atoms with Gasteiger partial charge in [-0.05, 0) is 24.8 Å². The van der Waals surface area contributed by atoms with Crippen LogP contribution in [0.5, 0.6) is 0 Å². The molecule has 31 heavy (non-hydrogen) atoms. The zero-order valence-electron chi connectivity index (χ0n) is 18.3. The number of nitrogens with zero attached hydrogens (tertiary/aromatic N) is 4. The van der Waals surface area contributed by atoms with Crippen LogP contribution in [0.4, 0.5) is 5.69 Å². The summed E-state index contributed by atoms with van der Waals surface area (Å²) in [5.74, 6) is 1.18. The van der Waals surface area contributed by atoms with E-state index in [4.69, 9.17) is 9.73 Å². The minimum absolute atomic E-state index is 0.0703. The zero-order chi connectivity index (χ0) is 22.1. The van der Waals surface area contributed by atoms with Crippen molar-refractivity contribution in [3.63, 3.8) is 0 Å². The van der Waals surface area contributed by atoms with Crippen LogP contribution in [0.2, 0.25) is 0 Å².